The van der Waals surface area contributed by atoms with Gasteiger partial charge in [-0.2, -0.15) is 10.2 Å². The molecule has 5 heterocycles. The lowest BCUT2D eigenvalue weighted by Gasteiger charge is -2.43. The second-order valence-electron chi connectivity index (χ2n) is 14.2. The lowest BCUT2D eigenvalue weighted by atomic mass is 9.73. The Kier molecular flexibility index (Phi) is 8.53. The predicted molar refractivity (Wildman–Crippen MR) is 178 cm³/mol. The number of ether oxygens (including phenoxy) is 1. The molecule has 1 aromatic carbocycles. The zero-order valence-electron chi connectivity index (χ0n) is 27.4. The third kappa shape index (κ3) is 6.12. The normalized spacial score (nSPS) is 22.1. The Labute approximate surface area is 270 Å². The maximum atomic E-state index is 13.1. The van der Waals surface area contributed by atoms with Crippen LogP contribution in [0.5, 0.6) is 0 Å². The van der Waals surface area contributed by atoms with Crippen molar-refractivity contribution in [2.24, 2.45) is 12.5 Å². The average Bonchev–Trinajstić information content (AvgIpc) is 3.66. The van der Waals surface area contributed by atoms with Crippen LogP contribution >= 0.6 is 0 Å². The van der Waals surface area contributed by atoms with Gasteiger partial charge in [-0.25, -0.2) is 18.9 Å². The Balaban J connectivity index is 1.33. The van der Waals surface area contributed by atoms with Gasteiger partial charge >= 0.3 is 0 Å². The van der Waals surface area contributed by atoms with Crippen LogP contribution in [0.2, 0.25) is 0 Å². The summed E-state index contributed by atoms with van der Waals surface area (Å²) in [5, 5.41) is 10.1. The van der Waals surface area contributed by atoms with E-state index in [2.05, 4.69) is 21.6 Å². The van der Waals surface area contributed by atoms with Crippen LogP contribution in [-0.4, -0.2) is 79.6 Å². The highest BCUT2D eigenvalue weighted by Crippen LogP contribution is 2.44. The topological polar surface area (TPSA) is 135 Å². The lowest BCUT2D eigenvalue weighted by Crippen LogP contribution is -2.56. The van der Waals surface area contributed by atoms with Gasteiger partial charge in [-0.15, -0.1) is 4.72 Å². The number of aromatic nitrogens is 6. The Bertz CT molecular complexity index is 1720. The molecule has 14 heteroatoms. The van der Waals surface area contributed by atoms with Gasteiger partial charge in [-0.3, -0.25) is 8.86 Å². The Morgan fingerprint density at radius 3 is 2.56 bits per heavy atom. The second kappa shape index (κ2) is 11.9. The van der Waals surface area contributed by atoms with Crippen molar-refractivity contribution in [2.45, 2.75) is 89.6 Å². The van der Waals surface area contributed by atoms with E-state index in [9.17, 15) is 8.76 Å². The first kappa shape index (κ1) is 32.3. The molecule has 4 aromatic rings. The number of nitrogens with zero attached hydrogens (tertiary/aromatic N) is 7. The molecule has 0 aliphatic carbocycles. The summed E-state index contributed by atoms with van der Waals surface area (Å²) in [5.41, 5.74) is 3.56. The van der Waals surface area contributed by atoms with Crippen LogP contribution in [0.3, 0.4) is 0 Å². The average molecular weight is 657 g/mol. The monoisotopic (exact) mass is 656 g/mol. The van der Waals surface area contributed by atoms with E-state index in [4.69, 9.17) is 24.0 Å². The molecule has 0 saturated carbocycles. The fraction of sp³-hybridized carbons (Fsp3) is 0.613. The third-order valence-electron chi connectivity index (χ3n) is 8.86. The zero-order chi connectivity index (χ0) is 32.3. The number of fused-ring (bicyclic) bond motifs is 2. The molecule has 12 nitrogen and oxygen atoms in total. The number of benzene rings is 1. The van der Waals surface area contributed by atoms with E-state index in [1.807, 2.05) is 77.7 Å². The van der Waals surface area contributed by atoms with Crippen LogP contribution in [0.15, 0.2) is 30.6 Å². The molecular weight excluding hydrogens is 613 g/mol. The predicted octanol–water partition coefficient (Wildman–Crippen LogP) is 4.11. The molecule has 2 unspecified atom stereocenters. The molecule has 6 rings (SSSR count). The van der Waals surface area contributed by atoms with Crippen molar-refractivity contribution in [2.75, 3.05) is 24.6 Å². The number of hydrogen-bond donors (Lipinski definition) is 1. The van der Waals surface area contributed by atoms with E-state index in [1.54, 1.807) is 10.9 Å². The van der Waals surface area contributed by atoms with Crippen molar-refractivity contribution in [1.29, 1.82) is 0 Å². The van der Waals surface area contributed by atoms with Crippen LogP contribution in [0, 0.1) is 5.41 Å². The van der Waals surface area contributed by atoms with E-state index >= 15 is 0 Å². The molecule has 0 radical (unpaired) electrons. The van der Waals surface area contributed by atoms with Crippen LogP contribution in [0.4, 0.5) is 5.82 Å². The minimum Gasteiger partial charge on any atom is -0.598 e. The smallest absolute Gasteiger partial charge is 0.182 e. The van der Waals surface area contributed by atoms with E-state index < -0.39 is 27.2 Å². The molecule has 1 spiro atoms. The highest BCUT2D eigenvalue weighted by atomic mass is 32.2. The van der Waals surface area contributed by atoms with E-state index in [1.165, 1.54) is 0 Å². The Morgan fingerprint density at radius 1 is 1.13 bits per heavy atom. The maximum Gasteiger partial charge on any atom is 0.182 e. The summed E-state index contributed by atoms with van der Waals surface area (Å²) in [5.74, 6) is 0.706. The van der Waals surface area contributed by atoms with Gasteiger partial charge in [-0.1, -0.05) is 6.07 Å². The highest BCUT2D eigenvalue weighted by Gasteiger charge is 2.52. The fourth-order valence-electron chi connectivity index (χ4n) is 6.15. The minimum absolute atomic E-state index is 0.0151. The standard InChI is InChI=1S/C31H44N8O4S2/c1-20-26(36-44(40)29(2,3)4)31(19-42-20)12-14-38(15-13-31)27-23(18-43-45(41)30(5,6)7)35-28-22(34-27)17-33-39(28)25-11-9-10-24-21(25)16-32-37(24)8/h9-11,16-17,20,26,36H,12-15,18-19H2,1-8H3/t20-,26+,44?,45?/m0/s1. The number of anilines is 1. The quantitative estimate of drug-likeness (QED) is 0.290. The summed E-state index contributed by atoms with van der Waals surface area (Å²) < 4.78 is 44.2. The molecule has 2 saturated heterocycles. The number of piperidine rings is 1. The third-order valence-corrected chi connectivity index (χ3v) is 11.8. The van der Waals surface area contributed by atoms with Gasteiger partial charge in [0.25, 0.3) is 0 Å². The van der Waals surface area contributed by atoms with E-state index in [0.29, 0.717) is 29.3 Å². The first-order valence-corrected chi connectivity index (χ1v) is 17.7. The van der Waals surface area contributed by atoms with Crippen LogP contribution in [0.1, 0.15) is 67.0 Å². The number of aryl methyl sites for hydroxylation is 1. The van der Waals surface area contributed by atoms with Gasteiger partial charge in [0.15, 0.2) is 22.5 Å². The largest absolute Gasteiger partial charge is 0.598 e. The van der Waals surface area contributed by atoms with E-state index in [0.717, 1.165) is 42.5 Å². The molecule has 2 aliphatic heterocycles. The second-order valence-corrected chi connectivity index (χ2v) is 18.1. The van der Waals surface area contributed by atoms with E-state index in [-0.39, 0.29) is 28.9 Å². The van der Waals surface area contributed by atoms with Crippen molar-refractivity contribution in [3.8, 4) is 5.69 Å². The number of nitrogens with one attached hydrogen (secondary N) is 1. The Morgan fingerprint density at radius 2 is 1.87 bits per heavy atom. The summed E-state index contributed by atoms with van der Waals surface area (Å²) in [6, 6.07) is 5.96. The van der Waals surface area contributed by atoms with Crippen molar-refractivity contribution < 1.29 is 17.7 Å². The van der Waals surface area contributed by atoms with Gasteiger partial charge < -0.3 is 14.2 Å². The zero-order valence-corrected chi connectivity index (χ0v) is 29.0. The summed E-state index contributed by atoms with van der Waals surface area (Å²) >= 11 is -2.74. The molecule has 0 bridgehead atoms. The molecule has 2 fully saturated rings. The summed E-state index contributed by atoms with van der Waals surface area (Å²) in [4.78, 5) is 12.4. The van der Waals surface area contributed by atoms with Gasteiger partial charge in [0.1, 0.15) is 22.6 Å². The first-order chi connectivity index (χ1) is 21.2. The van der Waals surface area contributed by atoms with Crippen molar-refractivity contribution in [1.82, 2.24) is 34.3 Å². The highest BCUT2D eigenvalue weighted by molar-refractivity contribution is 7.90. The molecule has 4 atom stereocenters. The molecule has 1 N–H and O–H groups in total. The minimum atomic E-state index is -1.53. The molecular formula is C31H44N8O4S2. The summed E-state index contributed by atoms with van der Waals surface area (Å²) in [6.45, 7) is 15.8. The van der Waals surface area contributed by atoms with Crippen molar-refractivity contribution >= 4 is 50.3 Å². The van der Waals surface area contributed by atoms with Gasteiger partial charge in [0.2, 0.25) is 0 Å². The fourth-order valence-corrected chi connectivity index (χ4v) is 7.74. The molecule has 45 heavy (non-hydrogen) atoms. The molecule has 2 aliphatic rings. The Hall–Kier alpha value is -2.62. The number of rotatable bonds is 7. The van der Waals surface area contributed by atoms with Crippen LogP contribution in [0.25, 0.3) is 27.8 Å². The first-order valence-electron chi connectivity index (χ1n) is 15.4. The molecule has 244 valence electrons. The van der Waals surface area contributed by atoms with Crippen molar-refractivity contribution in [3.05, 3.63) is 36.3 Å². The van der Waals surface area contributed by atoms with Gasteiger partial charge in [-0.05, 0) is 73.4 Å². The number of hydrogen-bond acceptors (Lipinski definition) is 10. The SMILES string of the molecule is C[C@@H]1OCC2(CCN(c3nc4cnn(-c5cccc6c5cnn6C)c4nc3COS(=O)C(C)(C)C)CC2)[C@@H]1N[S+]([O-])C(C)(C)C. The van der Waals surface area contributed by atoms with Crippen LogP contribution < -0.4 is 9.62 Å². The maximum absolute atomic E-state index is 13.1. The lowest BCUT2D eigenvalue weighted by molar-refractivity contribution is 0.0973. The molecule has 3 aromatic heterocycles. The van der Waals surface area contributed by atoms with Gasteiger partial charge in [0, 0.05) is 42.3 Å². The summed E-state index contributed by atoms with van der Waals surface area (Å²) in [7, 11) is 1.91. The molecule has 0 amide bonds. The van der Waals surface area contributed by atoms with Crippen molar-refractivity contribution in [3.63, 3.8) is 0 Å². The van der Waals surface area contributed by atoms with Gasteiger partial charge in [0.05, 0.1) is 47.1 Å². The van der Waals surface area contributed by atoms with Crippen LogP contribution in [-0.2, 0) is 45.0 Å². The summed E-state index contributed by atoms with van der Waals surface area (Å²) in [6.07, 6.45) is 5.20.